The largest absolute Gasteiger partial charge is 0.318 e. The van der Waals surface area contributed by atoms with Crippen LogP contribution in [-0.4, -0.2) is 20.7 Å². The second-order valence-electron chi connectivity index (χ2n) is 5.79. The van der Waals surface area contributed by atoms with Gasteiger partial charge < -0.3 is 4.57 Å². The standard InChI is InChI=1S/C18H15ClFN5O2/c1-11-7-13(9-22-23-18-6-4-15(10-21-18)25(26)27)12(2)24(11)14-3-5-17(20)16(19)8-14/h3-10H,1-2H3,(H,21,23)/b22-9+. The highest BCUT2D eigenvalue weighted by atomic mass is 35.5. The fourth-order valence-electron chi connectivity index (χ4n) is 2.67. The molecular formula is C18H15ClFN5O2. The van der Waals surface area contributed by atoms with Crippen molar-refractivity contribution in [3.8, 4) is 5.69 Å². The summed E-state index contributed by atoms with van der Waals surface area (Å²) < 4.78 is 15.3. The minimum absolute atomic E-state index is 0.0566. The van der Waals surface area contributed by atoms with Gasteiger partial charge in [0.25, 0.3) is 5.69 Å². The average Bonchev–Trinajstić information content (AvgIpc) is 2.92. The molecule has 0 aliphatic carbocycles. The number of hydrogen-bond donors (Lipinski definition) is 1. The minimum atomic E-state index is -0.517. The molecule has 0 saturated carbocycles. The first-order valence-electron chi connectivity index (χ1n) is 7.90. The molecule has 0 atom stereocenters. The highest BCUT2D eigenvalue weighted by molar-refractivity contribution is 6.30. The lowest BCUT2D eigenvalue weighted by Gasteiger charge is -2.10. The number of aromatic nitrogens is 2. The van der Waals surface area contributed by atoms with Crippen molar-refractivity contribution in [2.45, 2.75) is 13.8 Å². The van der Waals surface area contributed by atoms with Crippen LogP contribution in [0.5, 0.6) is 0 Å². The third kappa shape index (κ3) is 3.95. The van der Waals surface area contributed by atoms with Gasteiger partial charge in [-0.1, -0.05) is 11.6 Å². The fourth-order valence-corrected chi connectivity index (χ4v) is 2.84. The number of anilines is 1. The van der Waals surface area contributed by atoms with E-state index in [9.17, 15) is 14.5 Å². The van der Waals surface area contributed by atoms with E-state index in [1.807, 2.05) is 24.5 Å². The summed E-state index contributed by atoms with van der Waals surface area (Å²) in [6.45, 7) is 3.84. The van der Waals surface area contributed by atoms with Crippen LogP contribution in [-0.2, 0) is 0 Å². The number of nitrogens with one attached hydrogen (secondary N) is 1. The van der Waals surface area contributed by atoms with E-state index in [0.717, 1.165) is 28.8 Å². The molecule has 0 aliphatic heterocycles. The van der Waals surface area contributed by atoms with Gasteiger partial charge in [-0.05, 0) is 44.2 Å². The van der Waals surface area contributed by atoms with Crippen molar-refractivity contribution < 1.29 is 9.31 Å². The van der Waals surface area contributed by atoms with Gasteiger partial charge in [0.15, 0.2) is 0 Å². The molecule has 0 radical (unpaired) electrons. The monoisotopic (exact) mass is 387 g/mol. The molecule has 2 heterocycles. The lowest BCUT2D eigenvalue weighted by atomic mass is 10.2. The predicted molar refractivity (Wildman–Crippen MR) is 102 cm³/mol. The van der Waals surface area contributed by atoms with E-state index in [2.05, 4.69) is 15.5 Å². The van der Waals surface area contributed by atoms with Crippen molar-refractivity contribution in [3.63, 3.8) is 0 Å². The number of hydrogen-bond acceptors (Lipinski definition) is 5. The number of aryl methyl sites for hydroxylation is 1. The van der Waals surface area contributed by atoms with Crippen LogP contribution in [0.4, 0.5) is 15.9 Å². The molecule has 0 spiro atoms. The Labute approximate surface area is 159 Å². The van der Waals surface area contributed by atoms with Crippen molar-refractivity contribution in [2.24, 2.45) is 5.10 Å². The molecule has 3 rings (SSSR count). The summed E-state index contributed by atoms with van der Waals surface area (Å²) in [7, 11) is 0. The van der Waals surface area contributed by atoms with Crippen molar-refractivity contribution in [2.75, 3.05) is 5.43 Å². The van der Waals surface area contributed by atoms with E-state index in [1.165, 1.54) is 18.2 Å². The molecule has 1 aromatic carbocycles. The van der Waals surface area contributed by atoms with E-state index >= 15 is 0 Å². The van der Waals surface area contributed by atoms with E-state index in [1.54, 1.807) is 18.3 Å². The SMILES string of the molecule is Cc1cc(/C=N/Nc2ccc([N+](=O)[O-])cn2)c(C)n1-c1ccc(F)c(Cl)c1. The Bertz CT molecular complexity index is 1030. The molecule has 9 heteroatoms. The van der Waals surface area contributed by atoms with Gasteiger partial charge in [0.2, 0.25) is 0 Å². The van der Waals surface area contributed by atoms with Crippen LogP contribution in [0.25, 0.3) is 5.69 Å². The number of hydrazone groups is 1. The summed E-state index contributed by atoms with van der Waals surface area (Å²) in [5, 5.41) is 14.8. The maximum Gasteiger partial charge on any atom is 0.287 e. The summed E-state index contributed by atoms with van der Waals surface area (Å²) in [6, 6.07) is 9.29. The van der Waals surface area contributed by atoms with Gasteiger partial charge >= 0.3 is 0 Å². The molecule has 7 nitrogen and oxygen atoms in total. The molecule has 1 N–H and O–H groups in total. The van der Waals surface area contributed by atoms with E-state index in [0.29, 0.717) is 5.82 Å². The molecule has 0 bridgehead atoms. The average molecular weight is 388 g/mol. The zero-order valence-electron chi connectivity index (χ0n) is 14.5. The van der Waals surface area contributed by atoms with E-state index < -0.39 is 10.7 Å². The van der Waals surface area contributed by atoms with E-state index in [-0.39, 0.29) is 10.7 Å². The number of halogens is 2. The van der Waals surface area contributed by atoms with Crippen LogP contribution >= 0.6 is 11.6 Å². The smallest absolute Gasteiger partial charge is 0.287 e. The second kappa shape index (κ2) is 7.55. The third-order valence-corrected chi connectivity index (χ3v) is 4.26. The Balaban J connectivity index is 1.80. The first kappa shape index (κ1) is 18.5. The van der Waals surface area contributed by atoms with Crippen molar-refractivity contribution in [3.05, 3.63) is 80.5 Å². The summed E-state index contributed by atoms with van der Waals surface area (Å²) >= 11 is 5.88. The molecule has 27 heavy (non-hydrogen) atoms. The van der Waals surface area contributed by atoms with Crippen LogP contribution in [0.15, 0.2) is 47.7 Å². The second-order valence-corrected chi connectivity index (χ2v) is 6.20. The Hall–Kier alpha value is -3.26. The molecular weight excluding hydrogens is 373 g/mol. The first-order chi connectivity index (χ1) is 12.9. The van der Waals surface area contributed by atoms with Gasteiger partial charge in [-0.25, -0.2) is 9.37 Å². The first-order valence-corrected chi connectivity index (χ1v) is 8.28. The molecule has 0 amide bonds. The van der Waals surface area contributed by atoms with Gasteiger partial charge in [0.05, 0.1) is 16.2 Å². The van der Waals surface area contributed by atoms with Crippen LogP contribution in [0.1, 0.15) is 17.0 Å². The molecule has 138 valence electrons. The third-order valence-electron chi connectivity index (χ3n) is 3.97. The van der Waals surface area contributed by atoms with E-state index in [4.69, 9.17) is 11.6 Å². The summed E-state index contributed by atoms with van der Waals surface area (Å²) in [5.74, 6) is -0.0829. The number of pyridine rings is 1. The summed E-state index contributed by atoms with van der Waals surface area (Å²) in [6.07, 6.45) is 2.77. The van der Waals surface area contributed by atoms with Crippen molar-refractivity contribution in [1.29, 1.82) is 0 Å². The minimum Gasteiger partial charge on any atom is -0.318 e. The predicted octanol–water partition coefficient (Wildman–Crippen LogP) is 4.64. The van der Waals surface area contributed by atoms with Crippen LogP contribution in [0.3, 0.4) is 0 Å². The van der Waals surface area contributed by atoms with Crippen molar-refractivity contribution >= 4 is 29.3 Å². The maximum absolute atomic E-state index is 13.4. The molecule has 0 fully saturated rings. The molecule has 0 saturated heterocycles. The summed E-state index contributed by atoms with van der Waals surface area (Å²) in [4.78, 5) is 14.0. The zero-order chi connectivity index (χ0) is 19.6. The Morgan fingerprint density at radius 2 is 2.07 bits per heavy atom. The number of nitrogens with zero attached hydrogens (tertiary/aromatic N) is 4. The maximum atomic E-state index is 13.4. The molecule has 0 unspecified atom stereocenters. The number of benzene rings is 1. The number of rotatable bonds is 5. The normalized spacial score (nSPS) is 11.1. The van der Waals surface area contributed by atoms with Crippen molar-refractivity contribution in [1.82, 2.24) is 9.55 Å². The highest BCUT2D eigenvalue weighted by Crippen LogP contribution is 2.24. The Morgan fingerprint density at radius 1 is 1.30 bits per heavy atom. The van der Waals surface area contributed by atoms with Gasteiger partial charge in [-0.3, -0.25) is 15.5 Å². The molecule has 0 aliphatic rings. The molecule has 2 aromatic heterocycles. The van der Waals surface area contributed by atoms with Gasteiger partial charge in [-0.2, -0.15) is 5.10 Å². The lowest BCUT2D eigenvalue weighted by molar-refractivity contribution is -0.385. The lowest BCUT2D eigenvalue weighted by Crippen LogP contribution is -2.00. The fraction of sp³-hybridized carbons (Fsp3) is 0.111. The number of nitro groups is 1. The topological polar surface area (TPSA) is 85.3 Å². The van der Waals surface area contributed by atoms with Gasteiger partial charge in [-0.15, -0.1) is 0 Å². The van der Waals surface area contributed by atoms with Gasteiger partial charge in [0, 0.05) is 28.7 Å². The quantitative estimate of drug-likeness (QED) is 0.392. The van der Waals surface area contributed by atoms with Crippen LogP contribution in [0.2, 0.25) is 5.02 Å². The van der Waals surface area contributed by atoms with Gasteiger partial charge in [0.1, 0.15) is 17.8 Å². The van der Waals surface area contributed by atoms with Crippen LogP contribution < -0.4 is 5.43 Å². The molecule has 3 aromatic rings. The Morgan fingerprint density at radius 3 is 2.70 bits per heavy atom. The van der Waals surface area contributed by atoms with Crippen LogP contribution in [0, 0.1) is 29.8 Å². The summed E-state index contributed by atoms with van der Waals surface area (Å²) in [5.41, 5.74) is 6.07. The Kier molecular flexibility index (Phi) is 5.18. The highest BCUT2D eigenvalue weighted by Gasteiger charge is 2.11. The zero-order valence-corrected chi connectivity index (χ0v) is 15.2.